The summed E-state index contributed by atoms with van der Waals surface area (Å²) in [5.74, 6) is -0.440. The van der Waals surface area contributed by atoms with Gasteiger partial charge in [0, 0.05) is 30.0 Å². The second-order valence-electron chi connectivity index (χ2n) is 7.77. The number of ether oxygens (including phenoxy) is 2. The maximum absolute atomic E-state index is 14.0. The molecule has 2 aromatic carbocycles. The first-order chi connectivity index (χ1) is 15.9. The molecule has 1 unspecified atom stereocenters. The van der Waals surface area contributed by atoms with Gasteiger partial charge in [-0.3, -0.25) is 4.79 Å². The lowest BCUT2D eigenvalue weighted by atomic mass is 9.92. The monoisotopic (exact) mass is 467 g/mol. The Bertz CT molecular complexity index is 1350. The molecule has 8 heteroatoms. The van der Waals surface area contributed by atoms with E-state index in [0.29, 0.717) is 34.4 Å². The van der Waals surface area contributed by atoms with Crippen molar-refractivity contribution in [3.05, 3.63) is 82.9 Å². The van der Waals surface area contributed by atoms with Crippen LogP contribution in [-0.4, -0.2) is 37.7 Å². The van der Waals surface area contributed by atoms with Gasteiger partial charge in [0.25, 0.3) is 10.0 Å². The zero-order valence-corrected chi connectivity index (χ0v) is 19.2. The molecule has 0 saturated carbocycles. The number of methoxy groups -OCH3 is 2. The van der Waals surface area contributed by atoms with Crippen LogP contribution >= 0.6 is 0 Å². The largest absolute Gasteiger partial charge is 0.493 e. The number of hydrogen-bond donors (Lipinski definition) is 1. The number of carboxylic acids is 1. The Balaban J connectivity index is 1.90. The first kappa shape index (κ1) is 22.7. The van der Waals surface area contributed by atoms with Gasteiger partial charge in [0.05, 0.1) is 24.6 Å². The van der Waals surface area contributed by atoms with Crippen LogP contribution in [0.3, 0.4) is 0 Å². The van der Waals surface area contributed by atoms with Crippen LogP contribution in [0.25, 0.3) is 10.9 Å². The molecule has 1 atom stereocenters. The van der Waals surface area contributed by atoms with Gasteiger partial charge in [0.2, 0.25) is 0 Å². The quantitative estimate of drug-likeness (QED) is 0.525. The number of allylic oxidation sites excluding steroid dienone is 4. The summed E-state index contributed by atoms with van der Waals surface area (Å²) in [6, 6.07) is 12.8. The van der Waals surface area contributed by atoms with Crippen molar-refractivity contribution >= 4 is 26.9 Å². The van der Waals surface area contributed by atoms with Crippen LogP contribution in [0.4, 0.5) is 0 Å². The zero-order chi connectivity index (χ0) is 23.6. The van der Waals surface area contributed by atoms with Crippen molar-refractivity contribution in [2.75, 3.05) is 14.2 Å². The van der Waals surface area contributed by atoms with Gasteiger partial charge in [-0.05, 0) is 36.1 Å². The molecular weight excluding hydrogens is 442 g/mol. The number of carbonyl (C=O) groups is 1. The van der Waals surface area contributed by atoms with Crippen LogP contribution < -0.4 is 9.47 Å². The molecule has 0 bridgehead atoms. The van der Waals surface area contributed by atoms with E-state index in [4.69, 9.17) is 9.47 Å². The Labute approximate surface area is 192 Å². The second-order valence-corrected chi connectivity index (χ2v) is 9.58. The molecule has 0 fully saturated rings. The van der Waals surface area contributed by atoms with Crippen LogP contribution in [0.1, 0.15) is 29.9 Å². The number of rotatable bonds is 8. The van der Waals surface area contributed by atoms with Gasteiger partial charge in [-0.15, -0.1) is 0 Å². The van der Waals surface area contributed by atoms with Crippen molar-refractivity contribution in [1.29, 1.82) is 0 Å². The van der Waals surface area contributed by atoms with E-state index < -0.39 is 16.0 Å². The lowest BCUT2D eigenvalue weighted by Crippen LogP contribution is -2.20. The number of aliphatic carboxylic acids is 1. The normalized spacial score (nSPS) is 15.9. The third kappa shape index (κ3) is 4.26. The van der Waals surface area contributed by atoms with Crippen molar-refractivity contribution in [3.8, 4) is 11.5 Å². The number of aryl methyl sites for hydroxylation is 1. The Morgan fingerprint density at radius 2 is 1.82 bits per heavy atom. The number of fused-ring (bicyclic) bond motifs is 1. The molecule has 1 aromatic heterocycles. The third-order valence-corrected chi connectivity index (χ3v) is 7.67. The fourth-order valence-electron chi connectivity index (χ4n) is 4.20. The molecule has 1 heterocycles. The Morgan fingerprint density at radius 1 is 1.12 bits per heavy atom. The van der Waals surface area contributed by atoms with Crippen LogP contribution in [-0.2, 0) is 21.2 Å². The standard InChI is InChI=1S/C25H25NO6S/c1-31-22-14-20-18(12-13-25(27)28)16-26(21(20)15-23(22)32-2)33(29,30)24-11-7-6-10-19(24)17-8-4-3-5-9-17/h3-9,11,14-16,19H,10,12-13H2,1-2H3,(H,27,28). The van der Waals surface area contributed by atoms with Gasteiger partial charge in [-0.1, -0.05) is 42.5 Å². The first-order valence-corrected chi connectivity index (χ1v) is 12.0. The molecule has 0 spiro atoms. The van der Waals surface area contributed by atoms with Gasteiger partial charge in [-0.25, -0.2) is 12.4 Å². The number of aromatic nitrogens is 1. The predicted octanol–water partition coefficient (Wildman–Crippen LogP) is 4.48. The maximum Gasteiger partial charge on any atom is 0.303 e. The molecule has 172 valence electrons. The van der Waals surface area contributed by atoms with Crippen LogP contribution in [0.2, 0.25) is 0 Å². The minimum absolute atomic E-state index is 0.119. The minimum atomic E-state index is -3.97. The summed E-state index contributed by atoms with van der Waals surface area (Å²) >= 11 is 0. The Hall–Kier alpha value is -3.52. The van der Waals surface area contributed by atoms with E-state index in [9.17, 15) is 18.3 Å². The number of benzene rings is 2. The van der Waals surface area contributed by atoms with Crippen molar-refractivity contribution in [2.45, 2.75) is 25.2 Å². The van der Waals surface area contributed by atoms with Gasteiger partial charge in [-0.2, -0.15) is 0 Å². The predicted molar refractivity (Wildman–Crippen MR) is 126 cm³/mol. The second kappa shape index (κ2) is 9.15. The highest BCUT2D eigenvalue weighted by molar-refractivity contribution is 7.94. The number of hydrogen-bond acceptors (Lipinski definition) is 5. The SMILES string of the molecule is COc1cc2c(CCC(=O)O)cn(S(=O)(=O)C3=CC=CCC3c3ccccc3)c2cc1OC. The molecule has 0 radical (unpaired) electrons. The number of carboxylic acid groups (broad SMARTS) is 1. The summed E-state index contributed by atoms with van der Waals surface area (Å²) in [7, 11) is -0.985. The minimum Gasteiger partial charge on any atom is -0.493 e. The summed E-state index contributed by atoms with van der Waals surface area (Å²) < 4.78 is 40.0. The summed E-state index contributed by atoms with van der Waals surface area (Å²) in [6.07, 6.45) is 7.50. The lowest BCUT2D eigenvalue weighted by molar-refractivity contribution is -0.136. The average Bonchev–Trinajstić information content (AvgIpc) is 3.20. The molecule has 4 rings (SSSR count). The highest BCUT2D eigenvalue weighted by Gasteiger charge is 2.31. The number of nitrogens with zero attached hydrogens (tertiary/aromatic N) is 1. The molecule has 3 aromatic rings. The average molecular weight is 468 g/mol. The van der Waals surface area contributed by atoms with Gasteiger partial charge >= 0.3 is 5.97 Å². The van der Waals surface area contributed by atoms with Crippen molar-refractivity contribution in [3.63, 3.8) is 0 Å². The van der Waals surface area contributed by atoms with E-state index in [2.05, 4.69) is 0 Å². The molecule has 1 aliphatic carbocycles. The highest BCUT2D eigenvalue weighted by Crippen LogP contribution is 2.40. The fourth-order valence-corrected chi connectivity index (χ4v) is 5.95. The van der Waals surface area contributed by atoms with E-state index >= 15 is 0 Å². The molecule has 0 aliphatic heterocycles. The molecule has 1 aliphatic rings. The summed E-state index contributed by atoms with van der Waals surface area (Å²) in [4.78, 5) is 11.5. The smallest absolute Gasteiger partial charge is 0.303 e. The van der Waals surface area contributed by atoms with Crippen molar-refractivity contribution in [1.82, 2.24) is 3.97 Å². The molecular formula is C25H25NO6S. The molecule has 0 amide bonds. The topological polar surface area (TPSA) is 94.8 Å². The summed E-state index contributed by atoms with van der Waals surface area (Å²) in [5, 5.41) is 9.79. The summed E-state index contributed by atoms with van der Waals surface area (Å²) in [6.45, 7) is 0. The van der Waals surface area contributed by atoms with E-state index in [-0.39, 0.29) is 23.7 Å². The Morgan fingerprint density at radius 3 is 2.48 bits per heavy atom. The molecule has 0 saturated heterocycles. The van der Waals surface area contributed by atoms with Crippen LogP contribution in [0.15, 0.2) is 71.8 Å². The van der Waals surface area contributed by atoms with Gasteiger partial charge in [0.15, 0.2) is 11.5 Å². The Kier molecular flexibility index (Phi) is 6.29. The van der Waals surface area contributed by atoms with E-state index in [1.54, 1.807) is 24.3 Å². The van der Waals surface area contributed by atoms with Gasteiger partial charge < -0.3 is 14.6 Å². The molecule has 1 N–H and O–H groups in total. The van der Waals surface area contributed by atoms with Crippen LogP contribution in [0.5, 0.6) is 11.5 Å². The van der Waals surface area contributed by atoms with E-state index in [1.165, 1.54) is 24.4 Å². The summed E-state index contributed by atoms with van der Waals surface area (Å²) in [5.41, 5.74) is 1.94. The third-order valence-electron chi connectivity index (χ3n) is 5.84. The van der Waals surface area contributed by atoms with E-state index in [0.717, 1.165) is 5.56 Å². The highest BCUT2D eigenvalue weighted by atomic mass is 32.2. The maximum atomic E-state index is 14.0. The van der Waals surface area contributed by atoms with Crippen molar-refractivity contribution in [2.24, 2.45) is 0 Å². The lowest BCUT2D eigenvalue weighted by Gasteiger charge is -2.23. The molecule has 33 heavy (non-hydrogen) atoms. The van der Waals surface area contributed by atoms with Gasteiger partial charge in [0.1, 0.15) is 0 Å². The fraction of sp³-hybridized carbons (Fsp3) is 0.240. The first-order valence-electron chi connectivity index (χ1n) is 10.5. The molecule has 7 nitrogen and oxygen atoms in total. The van der Waals surface area contributed by atoms with Crippen LogP contribution in [0, 0.1) is 0 Å². The van der Waals surface area contributed by atoms with E-state index in [1.807, 2.05) is 36.4 Å². The van der Waals surface area contributed by atoms with Crippen molar-refractivity contribution < 1.29 is 27.8 Å². The zero-order valence-electron chi connectivity index (χ0n) is 18.4.